The lowest BCUT2D eigenvalue weighted by molar-refractivity contribution is 0.737. The zero-order chi connectivity index (χ0) is 12.4. The summed E-state index contributed by atoms with van der Waals surface area (Å²) >= 11 is 1.89. The molecule has 0 radical (unpaired) electrons. The Balaban J connectivity index is 1.88. The van der Waals surface area contributed by atoms with Gasteiger partial charge in [0, 0.05) is 23.7 Å². The van der Waals surface area contributed by atoms with Gasteiger partial charge in [-0.2, -0.15) is 0 Å². The minimum atomic E-state index is 0.717. The van der Waals surface area contributed by atoms with Crippen LogP contribution in [-0.2, 0) is 19.4 Å². The summed E-state index contributed by atoms with van der Waals surface area (Å²) in [4.78, 5) is 4.04. The quantitative estimate of drug-likeness (QED) is 0.917. The Morgan fingerprint density at radius 3 is 3.00 bits per heavy atom. The van der Waals surface area contributed by atoms with E-state index in [0.29, 0.717) is 6.54 Å². The normalized spacial score (nSPS) is 14.6. The lowest BCUT2D eigenvalue weighted by atomic mass is 10.0. The standard InChI is InChI=1S/C15H18N2S/c16-8-5-12-3-1-2-4-14(12)17-9-6-15-13(11-17)7-10-18-15/h1-4,7,10H,5-6,8-9,11,16H2. The Labute approximate surface area is 112 Å². The van der Waals surface area contributed by atoms with Gasteiger partial charge in [0.1, 0.15) is 0 Å². The third kappa shape index (κ3) is 2.16. The molecular formula is C15H18N2S. The lowest BCUT2D eigenvalue weighted by Gasteiger charge is -2.30. The maximum absolute atomic E-state index is 5.70. The zero-order valence-corrected chi connectivity index (χ0v) is 11.2. The summed E-state index contributed by atoms with van der Waals surface area (Å²) in [6.45, 7) is 2.88. The molecule has 18 heavy (non-hydrogen) atoms. The van der Waals surface area contributed by atoms with Gasteiger partial charge in [-0.15, -0.1) is 11.3 Å². The van der Waals surface area contributed by atoms with Crippen LogP contribution in [0.2, 0.25) is 0 Å². The Bertz CT molecular complexity index is 533. The van der Waals surface area contributed by atoms with Crippen LogP contribution in [0.25, 0.3) is 0 Å². The highest BCUT2D eigenvalue weighted by molar-refractivity contribution is 7.10. The number of nitrogens with zero attached hydrogens (tertiary/aromatic N) is 1. The highest BCUT2D eigenvalue weighted by Gasteiger charge is 2.18. The molecule has 0 spiro atoms. The molecule has 1 aliphatic rings. The number of hydrogen-bond acceptors (Lipinski definition) is 3. The van der Waals surface area contributed by atoms with Crippen molar-refractivity contribution in [1.82, 2.24) is 0 Å². The summed E-state index contributed by atoms with van der Waals surface area (Å²) in [7, 11) is 0. The second kappa shape index (κ2) is 5.12. The van der Waals surface area contributed by atoms with Crippen LogP contribution in [0.1, 0.15) is 16.0 Å². The average molecular weight is 258 g/mol. The van der Waals surface area contributed by atoms with Crippen LogP contribution < -0.4 is 10.6 Å². The van der Waals surface area contributed by atoms with Gasteiger partial charge in [0.15, 0.2) is 0 Å². The maximum Gasteiger partial charge on any atom is 0.0440 e. The highest BCUT2D eigenvalue weighted by atomic mass is 32.1. The fourth-order valence-electron chi connectivity index (χ4n) is 2.64. The average Bonchev–Trinajstić information content (AvgIpc) is 2.87. The van der Waals surface area contributed by atoms with E-state index in [1.165, 1.54) is 23.2 Å². The molecule has 0 fully saturated rings. The molecule has 0 aliphatic carbocycles. The fourth-order valence-corrected chi connectivity index (χ4v) is 3.53. The molecule has 0 amide bonds. The molecule has 0 bridgehead atoms. The summed E-state index contributed by atoms with van der Waals surface area (Å²) in [5.41, 5.74) is 9.93. The van der Waals surface area contributed by atoms with Crippen LogP contribution in [0.5, 0.6) is 0 Å². The van der Waals surface area contributed by atoms with Crippen LogP contribution >= 0.6 is 11.3 Å². The van der Waals surface area contributed by atoms with E-state index in [4.69, 9.17) is 5.73 Å². The van der Waals surface area contributed by atoms with Gasteiger partial charge < -0.3 is 10.6 Å². The van der Waals surface area contributed by atoms with Crippen molar-refractivity contribution in [3.05, 3.63) is 51.7 Å². The SMILES string of the molecule is NCCc1ccccc1N1CCc2sccc2C1. The van der Waals surface area contributed by atoms with E-state index in [1.807, 2.05) is 11.3 Å². The fraction of sp³-hybridized carbons (Fsp3) is 0.333. The van der Waals surface area contributed by atoms with Crippen LogP contribution in [0.15, 0.2) is 35.7 Å². The van der Waals surface area contributed by atoms with Crippen LogP contribution in [0.3, 0.4) is 0 Å². The lowest BCUT2D eigenvalue weighted by Crippen LogP contribution is -2.30. The summed E-state index contributed by atoms with van der Waals surface area (Å²) < 4.78 is 0. The first-order valence-electron chi connectivity index (χ1n) is 6.46. The molecule has 1 aromatic heterocycles. The Morgan fingerprint density at radius 1 is 1.22 bits per heavy atom. The molecule has 2 N–H and O–H groups in total. The van der Waals surface area contributed by atoms with E-state index in [0.717, 1.165) is 19.5 Å². The molecule has 1 aliphatic heterocycles. The molecule has 2 nitrogen and oxygen atoms in total. The molecule has 0 atom stereocenters. The molecule has 1 aromatic carbocycles. The summed E-state index contributed by atoms with van der Waals surface area (Å²) in [5.74, 6) is 0. The van der Waals surface area contributed by atoms with Crippen molar-refractivity contribution in [3.8, 4) is 0 Å². The van der Waals surface area contributed by atoms with E-state index in [2.05, 4.69) is 40.6 Å². The number of nitrogens with two attached hydrogens (primary N) is 1. The van der Waals surface area contributed by atoms with Gasteiger partial charge in [-0.3, -0.25) is 0 Å². The monoisotopic (exact) mass is 258 g/mol. The van der Waals surface area contributed by atoms with E-state index < -0.39 is 0 Å². The molecule has 0 unspecified atom stereocenters. The van der Waals surface area contributed by atoms with E-state index in [-0.39, 0.29) is 0 Å². The first kappa shape index (κ1) is 11.8. The van der Waals surface area contributed by atoms with Gasteiger partial charge in [-0.25, -0.2) is 0 Å². The topological polar surface area (TPSA) is 29.3 Å². The second-order valence-electron chi connectivity index (χ2n) is 4.71. The van der Waals surface area contributed by atoms with Crippen molar-refractivity contribution in [2.24, 2.45) is 5.73 Å². The third-order valence-corrected chi connectivity index (χ3v) is 4.58. The van der Waals surface area contributed by atoms with Gasteiger partial charge in [-0.05, 0) is 48.0 Å². The molecule has 0 saturated heterocycles. The predicted molar refractivity (Wildman–Crippen MR) is 78.3 cm³/mol. The Morgan fingerprint density at radius 2 is 2.11 bits per heavy atom. The van der Waals surface area contributed by atoms with Crippen molar-refractivity contribution in [1.29, 1.82) is 0 Å². The van der Waals surface area contributed by atoms with Gasteiger partial charge in [0.2, 0.25) is 0 Å². The molecular weight excluding hydrogens is 240 g/mol. The predicted octanol–water partition coefficient (Wildman–Crippen LogP) is 2.81. The molecule has 3 heteroatoms. The van der Waals surface area contributed by atoms with E-state index >= 15 is 0 Å². The largest absolute Gasteiger partial charge is 0.367 e. The number of para-hydroxylation sites is 1. The maximum atomic E-state index is 5.70. The van der Waals surface area contributed by atoms with Crippen molar-refractivity contribution in [2.45, 2.75) is 19.4 Å². The number of hydrogen-bond donors (Lipinski definition) is 1. The molecule has 2 aromatic rings. The number of thiophene rings is 1. The summed E-state index contributed by atoms with van der Waals surface area (Å²) in [6, 6.07) is 10.9. The van der Waals surface area contributed by atoms with Crippen LogP contribution in [0.4, 0.5) is 5.69 Å². The van der Waals surface area contributed by atoms with Crippen molar-refractivity contribution in [2.75, 3.05) is 18.0 Å². The summed E-state index contributed by atoms with van der Waals surface area (Å²) in [6.07, 6.45) is 2.13. The van der Waals surface area contributed by atoms with E-state index in [1.54, 1.807) is 4.88 Å². The minimum Gasteiger partial charge on any atom is -0.367 e. The van der Waals surface area contributed by atoms with Gasteiger partial charge in [0.05, 0.1) is 0 Å². The first-order chi connectivity index (χ1) is 8.88. The smallest absolute Gasteiger partial charge is 0.0440 e. The van der Waals surface area contributed by atoms with Crippen molar-refractivity contribution >= 4 is 17.0 Å². The van der Waals surface area contributed by atoms with Gasteiger partial charge in [0.25, 0.3) is 0 Å². The molecule has 0 saturated carbocycles. The molecule has 3 rings (SSSR count). The van der Waals surface area contributed by atoms with Gasteiger partial charge in [-0.1, -0.05) is 18.2 Å². The number of anilines is 1. The van der Waals surface area contributed by atoms with Crippen LogP contribution in [-0.4, -0.2) is 13.1 Å². The number of benzene rings is 1. The third-order valence-electron chi connectivity index (χ3n) is 3.55. The highest BCUT2D eigenvalue weighted by Crippen LogP contribution is 2.29. The van der Waals surface area contributed by atoms with Crippen molar-refractivity contribution in [3.63, 3.8) is 0 Å². The molecule has 94 valence electrons. The number of rotatable bonds is 3. The second-order valence-corrected chi connectivity index (χ2v) is 5.71. The Hall–Kier alpha value is -1.32. The number of fused-ring (bicyclic) bond motifs is 1. The minimum absolute atomic E-state index is 0.717. The first-order valence-corrected chi connectivity index (χ1v) is 7.34. The zero-order valence-electron chi connectivity index (χ0n) is 10.4. The molecule has 2 heterocycles. The van der Waals surface area contributed by atoms with E-state index in [9.17, 15) is 0 Å². The van der Waals surface area contributed by atoms with Gasteiger partial charge >= 0.3 is 0 Å². The Kier molecular flexibility index (Phi) is 3.35. The van der Waals surface area contributed by atoms with Crippen molar-refractivity contribution < 1.29 is 0 Å². The summed E-state index contributed by atoms with van der Waals surface area (Å²) in [5, 5.41) is 2.21. The van der Waals surface area contributed by atoms with Crippen LogP contribution in [0, 0.1) is 0 Å².